The van der Waals surface area contributed by atoms with E-state index in [0.717, 1.165) is 23.2 Å². The van der Waals surface area contributed by atoms with E-state index < -0.39 is 0 Å². The zero-order chi connectivity index (χ0) is 15.2. The molecule has 1 amide bonds. The van der Waals surface area contributed by atoms with E-state index in [0.29, 0.717) is 6.54 Å². The number of nitrogens with zero attached hydrogens (tertiary/aromatic N) is 2. The largest absolute Gasteiger partial charge is 0.354 e. The van der Waals surface area contributed by atoms with Crippen molar-refractivity contribution in [1.29, 1.82) is 0 Å². The molecular weight excluding hydrogens is 282 g/mol. The second-order valence-electron chi connectivity index (χ2n) is 5.30. The minimum absolute atomic E-state index is 0.0285. The number of amides is 1. The van der Waals surface area contributed by atoms with Crippen molar-refractivity contribution in [2.24, 2.45) is 0 Å². The van der Waals surface area contributed by atoms with Crippen LogP contribution in [0.4, 0.5) is 0 Å². The van der Waals surface area contributed by atoms with Crippen molar-refractivity contribution in [3.8, 4) is 0 Å². The normalized spacial score (nSPS) is 12.4. The lowest BCUT2D eigenvalue weighted by atomic mass is 10.0. The number of benzene rings is 1. The predicted molar refractivity (Wildman–Crippen MR) is 86.4 cm³/mol. The SMILES string of the molecule is Cc1cccc([C@@H](C(=O)NCCc2cscn2)N(C)C)c1. The van der Waals surface area contributed by atoms with E-state index in [-0.39, 0.29) is 11.9 Å². The molecule has 1 aromatic carbocycles. The van der Waals surface area contributed by atoms with Gasteiger partial charge in [-0.3, -0.25) is 9.69 Å². The summed E-state index contributed by atoms with van der Waals surface area (Å²) in [5.74, 6) is 0.0285. The molecule has 0 saturated heterocycles. The smallest absolute Gasteiger partial charge is 0.241 e. The Morgan fingerprint density at radius 1 is 1.43 bits per heavy atom. The zero-order valence-electron chi connectivity index (χ0n) is 12.7. The molecule has 1 heterocycles. The molecule has 2 rings (SSSR count). The highest BCUT2D eigenvalue weighted by molar-refractivity contribution is 7.07. The second kappa shape index (κ2) is 7.33. The third-order valence-electron chi connectivity index (χ3n) is 3.29. The fourth-order valence-corrected chi connectivity index (χ4v) is 2.89. The third-order valence-corrected chi connectivity index (χ3v) is 3.92. The number of hydrogen-bond acceptors (Lipinski definition) is 4. The number of likely N-dealkylation sites (N-methyl/N-ethyl adjacent to an activating group) is 1. The molecule has 2 aromatic rings. The molecule has 1 N–H and O–H groups in total. The monoisotopic (exact) mass is 303 g/mol. The molecule has 1 atom stereocenters. The fraction of sp³-hybridized carbons (Fsp3) is 0.375. The molecule has 0 fully saturated rings. The van der Waals surface area contributed by atoms with E-state index in [1.54, 1.807) is 11.3 Å². The minimum Gasteiger partial charge on any atom is -0.354 e. The van der Waals surface area contributed by atoms with E-state index in [1.165, 1.54) is 0 Å². The van der Waals surface area contributed by atoms with Crippen molar-refractivity contribution in [2.45, 2.75) is 19.4 Å². The van der Waals surface area contributed by atoms with Crippen LogP contribution >= 0.6 is 11.3 Å². The molecular formula is C16H21N3OS. The second-order valence-corrected chi connectivity index (χ2v) is 6.02. The lowest BCUT2D eigenvalue weighted by molar-refractivity contribution is -0.125. The van der Waals surface area contributed by atoms with Gasteiger partial charge in [0.2, 0.25) is 5.91 Å². The van der Waals surface area contributed by atoms with Crippen LogP contribution in [0.1, 0.15) is 22.9 Å². The molecule has 0 aliphatic rings. The summed E-state index contributed by atoms with van der Waals surface area (Å²) in [7, 11) is 3.85. The van der Waals surface area contributed by atoms with Crippen molar-refractivity contribution in [3.05, 3.63) is 52.0 Å². The van der Waals surface area contributed by atoms with Crippen LogP contribution in [0.15, 0.2) is 35.2 Å². The summed E-state index contributed by atoms with van der Waals surface area (Å²) in [6.07, 6.45) is 0.767. The van der Waals surface area contributed by atoms with E-state index in [4.69, 9.17) is 0 Å². The highest BCUT2D eigenvalue weighted by atomic mass is 32.1. The molecule has 0 spiro atoms. The average Bonchev–Trinajstić information content (AvgIpc) is 2.91. The van der Waals surface area contributed by atoms with Gasteiger partial charge in [0.05, 0.1) is 11.2 Å². The van der Waals surface area contributed by atoms with Crippen LogP contribution in [0.25, 0.3) is 0 Å². The lowest BCUT2D eigenvalue weighted by Gasteiger charge is -2.24. The van der Waals surface area contributed by atoms with Crippen LogP contribution in [0.2, 0.25) is 0 Å². The highest BCUT2D eigenvalue weighted by Gasteiger charge is 2.22. The summed E-state index contributed by atoms with van der Waals surface area (Å²) in [6.45, 7) is 2.65. The fourth-order valence-electron chi connectivity index (χ4n) is 2.30. The predicted octanol–water partition coefficient (Wildman–Crippen LogP) is 2.41. The van der Waals surface area contributed by atoms with Gasteiger partial charge < -0.3 is 5.32 Å². The van der Waals surface area contributed by atoms with Gasteiger partial charge in [-0.05, 0) is 26.6 Å². The van der Waals surface area contributed by atoms with Crippen molar-refractivity contribution in [3.63, 3.8) is 0 Å². The van der Waals surface area contributed by atoms with E-state index in [9.17, 15) is 4.79 Å². The third kappa shape index (κ3) is 4.37. The number of carbonyl (C=O) groups excluding carboxylic acids is 1. The van der Waals surface area contributed by atoms with Gasteiger partial charge in [-0.2, -0.15) is 0 Å². The Morgan fingerprint density at radius 2 is 2.24 bits per heavy atom. The van der Waals surface area contributed by atoms with E-state index in [2.05, 4.69) is 16.4 Å². The van der Waals surface area contributed by atoms with Crippen molar-refractivity contribution in [1.82, 2.24) is 15.2 Å². The molecule has 5 heteroatoms. The number of aryl methyl sites for hydroxylation is 1. The summed E-state index contributed by atoms with van der Waals surface area (Å²) in [6, 6.07) is 7.82. The van der Waals surface area contributed by atoms with Crippen molar-refractivity contribution < 1.29 is 4.79 Å². The molecule has 4 nitrogen and oxygen atoms in total. The number of aromatic nitrogens is 1. The molecule has 1 aromatic heterocycles. The first-order valence-electron chi connectivity index (χ1n) is 6.95. The summed E-state index contributed by atoms with van der Waals surface area (Å²) >= 11 is 1.58. The number of rotatable bonds is 6. The first-order valence-corrected chi connectivity index (χ1v) is 7.90. The number of carbonyl (C=O) groups is 1. The van der Waals surface area contributed by atoms with Crippen LogP contribution < -0.4 is 5.32 Å². The summed E-state index contributed by atoms with van der Waals surface area (Å²) in [4.78, 5) is 18.6. The Balaban J connectivity index is 1.99. The number of thiazole rings is 1. The molecule has 112 valence electrons. The first-order chi connectivity index (χ1) is 10.1. The van der Waals surface area contributed by atoms with Gasteiger partial charge in [-0.25, -0.2) is 4.98 Å². The topological polar surface area (TPSA) is 45.2 Å². The Labute approximate surface area is 129 Å². The maximum atomic E-state index is 12.5. The standard InChI is InChI=1S/C16H21N3OS/c1-12-5-4-6-13(9-12)15(19(2)3)16(20)17-8-7-14-10-21-11-18-14/h4-6,9-11,15H,7-8H2,1-3H3,(H,17,20)/t15-/m0/s1. The van der Waals surface area contributed by atoms with Crippen LogP contribution in [-0.4, -0.2) is 36.4 Å². The average molecular weight is 303 g/mol. The van der Waals surface area contributed by atoms with Gasteiger partial charge in [0.25, 0.3) is 0 Å². The molecule has 0 unspecified atom stereocenters. The van der Waals surface area contributed by atoms with E-state index in [1.807, 2.05) is 55.0 Å². The molecule has 21 heavy (non-hydrogen) atoms. The number of nitrogens with one attached hydrogen (secondary N) is 1. The molecule has 0 aliphatic heterocycles. The Kier molecular flexibility index (Phi) is 5.47. The maximum absolute atomic E-state index is 12.5. The summed E-state index contributed by atoms with van der Waals surface area (Å²) in [5.41, 5.74) is 5.02. The maximum Gasteiger partial charge on any atom is 0.241 e. The summed E-state index contributed by atoms with van der Waals surface area (Å²) < 4.78 is 0. The minimum atomic E-state index is -0.264. The first kappa shape index (κ1) is 15.7. The highest BCUT2D eigenvalue weighted by Crippen LogP contribution is 2.19. The summed E-state index contributed by atoms with van der Waals surface area (Å²) in [5, 5.41) is 5.01. The van der Waals surface area contributed by atoms with Crippen LogP contribution in [0, 0.1) is 6.92 Å². The molecule has 0 bridgehead atoms. The van der Waals surface area contributed by atoms with Gasteiger partial charge in [-0.1, -0.05) is 29.8 Å². The Hall–Kier alpha value is -1.72. The van der Waals surface area contributed by atoms with Crippen molar-refractivity contribution >= 4 is 17.2 Å². The molecule has 0 aliphatic carbocycles. The van der Waals surface area contributed by atoms with Gasteiger partial charge in [0.1, 0.15) is 6.04 Å². The van der Waals surface area contributed by atoms with Gasteiger partial charge in [-0.15, -0.1) is 11.3 Å². The number of hydrogen-bond donors (Lipinski definition) is 1. The van der Waals surface area contributed by atoms with Crippen LogP contribution in [-0.2, 0) is 11.2 Å². The zero-order valence-corrected chi connectivity index (χ0v) is 13.5. The van der Waals surface area contributed by atoms with E-state index >= 15 is 0 Å². The quantitative estimate of drug-likeness (QED) is 0.891. The Morgan fingerprint density at radius 3 is 2.86 bits per heavy atom. The lowest BCUT2D eigenvalue weighted by Crippen LogP contribution is -2.38. The molecule has 0 radical (unpaired) electrons. The molecule has 0 saturated carbocycles. The van der Waals surface area contributed by atoms with Gasteiger partial charge >= 0.3 is 0 Å². The van der Waals surface area contributed by atoms with Crippen molar-refractivity contribution in [2.75, 3.05) is 20.6 Å². The van der Waals surface area contributed by atoms with Gasteiger partial charge in [0, 0.05) is 18.3 Å². The van der Waals surface area contributed by atoms with Crippen LogP contribution in [0.5, 0.6) is 0 Å². The van der Waals surface area contributed by atoms with Gasteiger partial charge in [0.15, 0.2) is 0 Å². The van der Waals surface area contributed by atoms with Crippen LogP contribution in [0.3, 0.4) is 0 Å². The Bertz CT molecular complexity index is 581.